The zero-order valence-electron chi connectivity index (χ0n) is 12.8. The van der Waals surface area contributed by atoms with Gasteiger partial charge in [-0.05, 0) is 31.4 Å². The summed E-state index contributed by atoms with van der Waals surface area (Å²) in [5.74, 6) is -1.35. The van der Waals surface area contributed by atoms with Gasteiger partial charge in [0, 0.05) is 13.1 Å². The molecule has 3 N–H and O–H groups in total. The average molecular weight is 292 g/mol. The van der Waals surface area contributed by atoms with E-state index in [0.29, 0.717) is 13.1 Å². The largest absolute Gasteiger partial charge is 0.481 e. The lowest BCUT2D eigenvalue weighted by molar-refractivity contribution is -0.138. The predicted octanol–water partition coefficient (Wildman–Crippen LogP) is 1.88. The molecule has 0 spiro atoms. The van der Waals surface area contributed by atoms with Gasteiger partial charge in [-0.15, -0.1) is 0 Å². The van der Waals surface area contributed by atoms with Gasteiger partial charge in [0.2, 0.25) is 5.91 Å². The van der Waals surface area contributed by atoms with Crippen molar-refractivity contribution in [2.75, 3.05) is 6.54 Å². The maximum absolute atomic E-state index is 11.7. The molecule has 1 amide bonds. The first-order valence-electron chi connectivity index (χ1n) is 7.28. The second-order valence-corrected chi connectivity index (χ2v) is 5.20. The Labute approximate surface area is 125 Å². The minimum absolute atomic E-state index is 0.00651. The molecule has 0 bridgehead atoms. The van der Waals surface area contributed by atoms with Gasteiger partial charge in [0.1, 0.15) is 0 Å². The Bertz CT molecular complexity index is 471. The number of nitrogens with one attached hydrogen (secondary N) is 2. The van der Waals surface area contributed by atoms with Gasteiger partial charge in [-0.3, -0.25) is 9.59 Å². The van der Waals surface area contributed by atoms with Gasteiger partial charge in [0.15, 0.2) is 0 Å². The highest BCUT2D eigenvalue weighted by Gasteiger charge is 2.14. The Kier molecular flexibility index (Phi) is 6.88. The molecule has 2 atom stereocenters. The van der Waals surface area contributed by atoms with E-state index < -0.39 is 11.9 Å². The zero-order valence-corrected chi connectivity index (χ0v) is 12.8. The predicted molar refractivity (Wildman–Crippen MR) is 82.1 cm³/mol. The van der Waals surface area contributed by atoms with Crippen molar-refractivity contribution in [3.05, 3.63) is 35.4 Å². The standard InChI is InChI=1S/C16H24N2O3/c1-4-9-17-15(19)12(3)18-10-13-5-7-14(8-6-13)11(2)16(20)21/h5-8,11-12,18H,4,9-10H2,1-3H3,(H,17,19)(H,20,21). The summed E-state index contributed by atoms with van der Waals surface area (Å²) in [6.45, 7) is 6.76. The number of aliphatic carboxylic acids is 1. The fraction of sp³-hybridized carbons (Fsp3) is 0.500. The molecule has 0 fully saturated rings. The Morgan fingerprint density at radius 2 is 1.81 bits per heavy atom. The van der Waals surface area contributed by atoms with Gasteiger partial charge in [-0.25, -0.2) is 0 Å². The molecule has 5 heteroatoms. The maximum Gasteiger partial charge on any atom is 0.310 e. The van der Waals surface area contributed by atoms with Crippen LogP contribution in [0.3, 0.4) is 0 Å². The van der Waals surface area contributed by atoms with E-state index in [9.17, 15) is 9.59 Å². The zero-order chi connectivity index (χ0) is 15.8. The molecule has 5 nitrogen and oxygen atoms in total. The highest BCUT2D eigenvalue weighted by Crippen LogP contribution is 2.16. The molecule has 2 unspecified atom stereocenters. The molecule has 0 heterocycles. The topological polar surface area (TPSA) is 78.4 Å². The molecule has 1 aromatic carbocycles. The van der Waals surface area contributed by atoms with Crippen molar-refractivity contribution < 1.29 is 14.7 Å². The number of carboxylic acids is 1. The smallest absolute Gasteiger partial charge is 0.310 e. The molecule has 0 aliphatic rings. The number of hydrogen-bond acceptors (Lipinski definition) is 3. The van der Waals surface area contributed by atoms with E-state index in [4.69, 9.17) is 5.11 Å². The molecule has 0 aliphatic carbocycles. The lowest BCUT2D eigenvalue weighted by Crippen LogP contribution is -2.42. The number of carbonyl (C=O) groups excluding carboxylic acids is 1. The van der Waals surface area contributed by atoms with Crippen LogP contribution < -0.4 is 10.6 Å². The van der Waals surface area contributed by atoms with Crippen molar-refractivity contribution in [1.82, 2.24) is 10.6 Å². The normalized spacial score (nSPS) is 13.5. The monoisotopic (exact) mass is 292 g/mol. The third-order valence-corrected chi connectivity index (χ3v) is 3.41. The van der Waals surface area contributed by atoms with Crippen molar-refractivity contribution in [2.24, 2.45) is 0 Å². The lowest BCUT2D eigenvalue weighted by atomic mass is 10.00. The molecule has 1 aromatic rings. The van der Waals surface area contributed by atoms with Gasteiger partial charge in [-0.2, -0.15) is 0 Å². The minimum atomic E-state index is -0.831. The fourth-order valence-electron chi connectivity index (χ4n) is 1.83. The Morgan fingerprint density at radius 3 is 2.33 bits per heavy atom. The van der Waals surface area contributed by atoms with Crippen molar-refractivity contribution in [2.45, 2.75) is 45.7 Å². The Balaban J connectivity index is 2.49. The number of hydrogen-bond donors (Lipinski definition) is 3. The number of carbonyl (C=O) groups is 2. The summed E-state index contributed by atoms with van der Waals surface area (Å²) in [7, 11) is 0. The summed E-state index contributed by atoms with van der Waals surface area (Å²) in [6.07, 6.45) is 0.918. The molecule has 0 radical (unpaired) electrons. The number of rotatable bonds is 8. The Morgan fingerprint density at radius 1 is 1.19 bits per heavy atom. The third kappa shape index (κ3) is 5.55. The highest BCUT2D eigenvalue weighted by atomic mass is 16.4. The van der Waals surface area contributed by atoms with E-state index in [1.807, 2.05) is 38.1 Å². The Hall–Kier alpha value is -1.88. The van der Waals surface area contributed by atoms with Crippen molar-refractivity contribution in [3.8, 4) is 0 Å². The first-order chi connectivity index (χ1) is 9.95. The minimum Gasteiger partial charge on any atom is -0.481 e. The fourth-order valence-corrected chi connectivity index (χ4v) is 1.83. The van der Waals surface area contributed by atoms with Crippen molar-refractivity contribution >= 4 is 11.9 Å². The van der Waals surface area contributed by atoms with Crippen LogP contribution >= 0.6 is 0 Å². The van der Waals surface area contributed by atoms with Gasteiger partial charge in [-0.1, -0.05) is 31.2 Å². The van der Waals surface area contributed by atoms with E-state index >= 15 is 0 Å². The van der Waals surface area contributed by atoms with Crippen molar-refractivity contribution in [1.29, 1.82) is 0 Å². The van der Waals surface area contributed by atoms with Crippen LogP contribution in [0.2, 0.25) is 0 Å². The second kappa shape index (κ2) is 8.42. The first kappa shape index (κ1) is 17.2. The number of carboxylic acid groups (broad SMARTS) is 1. The van der Waals surface area contributed by atoms with E-state index in [1.165, 1.54) is 0 Å². The molecule has 21 heavy (non-hydrogen) atoms. The molecule has 0 saturated carbocycles. The molecular formula is C16H24N2O3. The van der Waals surface area contributed by atoms with E-state index in [2.05, 4.69) is 10.6 Å². The second-order valence-electron chi connectivity index (χ2n) is 5.20. The van der Waals surface area contributed by atoms with Gasteiger partial charge in [0.25, 0.3) is 0 Å². The molecule has 0 aliphatic heterocycles. The van der Waals surface area contributed by atoms with Crippen LogP contribution in [0.1, 0.15) is 44.2 Å². The SMILES string of the molecule is CCCNC(=O)C(C)NCc1ccc(C(C)C(=O)O)cc1. The van der Waals surface area contributed by atoms with Crippen LogP contribution in [-0.2, 0) is 16.1 Å². The van der Waals surface area contributed by atoms with Crippen LogP contribution in [0.15, 0.2) is 24.3 Å². The molecule has 0 saturated heterocycles. The molecule has 0 aromatic heterocycles. The molecule has 116 valence electrons. The van der Waals surface area contributed by atoms with E-state index in [0.717, 1.165) is 17.5 Å². The summed E-state index contributed by atoms with van der Waals surface area (Å²) < 4.78 is 0. The van der Waals surface area contributed by atoms with Crippen LogP contribution in [0.25, 0.3) is 0 Å². The van der Waals surface area contributed by atoms with Crippen LogP contribution in [-0.4, -0.2) is 29.6 Å². The van der Waals surface area contributed by atoms with Gasteiger partial charge >= 0.3 is 5.97 Å². The van der Waals surface area contributed by atoms with Crippen LogP contribution in [0.4, 0.5) is 0 Å². The van der Waals surface area contributed by atoms with E-state index in [-0.39, 0.29) is 11.9 Å². The molecule has 1 rings (SSSR count). The van der Waals surface area contributed by atoms with Gasteiger partial charge < -0.3 is 15.7 Å². The first-order valence-corrected chi connectivity index (χ1v) is 7.28. The average Bonchev–Trinajstić information content (AvgIpc) is 2.49. The van der Waals surface area contributed by atoms with Crippen LogP contribution in [0.5, 0.6) is 0 Å². The maximum atomic E-state index is 11.7. The van der Waals surface area contributed by atoms with Crippen LogP contribution in [0, 0.1) is 0 Å². The third-order valence-electron chi connectivity index (χ3n) is 3.41. The summed E-state index contributed by atoms with van der Waals surface area (Å²) >= 11 is 0. The summed E-state index contributed by atoms with van der Waals surface area (Å²) in [5.41, 5.74) is 1.80. The quantitative estimate of drug-likeness (QED) is 0.683. The van der Waals surface area contributed by atoms with E-state index in [1.54, 1.807) is 6.92 Å². The highest BCUT2D eigenvalue weighted by molar-refractivity contribution is 5.81. The number of amides is 1. The molecular weight excluding hydrogens is 268 g/mol. The summed E-state index contributed by atoms with van der Waals surface area (Å²) in [5, 5.41) is 14.9. The van der Waals surface area contributed by atoms with Gasteiger partial charge in [0.05, 0.1) is 12.0 Å². The summed E-state index contributed by atoms with van der Waals surface area (Å²) in [6, 6.07) is 7.15. The lowest BCUT2D eigenvalue weighted by Gasteiger charge is -2.14. The van der Waals surface area contributed by atoms with Crippen molar-refractivity contribution in [3.63, 3.8) is 0 Å². The summed E-state index contributed by atoms with van der Waals surface area (Å²) in [4.78, 5) is 22.6. The number of benzene rings is 1.